The van der Waals surface area contributed by atoms with E-state index in [2.05, 4.69) is 11.9 Å². The molecule has 2 heterocycles. The maximum atomic E-state index is 11.8. The van der Waals surface area contributed by atoms with Crippen molar-refractivity contribution in [3.8, 4) is 0 Å². The van der Waals surface area contributed by atoms with Crippen molar-refractivity contribution in [1.82, 2.24) is 9.55 Å². The van der Waals surface area contributed by atoms with Crippen LogP contribution in [-0.2, 0) is 0 Å². The maximum Gasteiger partial charge on any atom is 0.252 e. The summed E-state index contributed by atoms with van der Waals surface area (Å²) >= 11 is 0. The molecule has 1 atom stereocenters. The lowest BCUT2D eigenvalue weighted by molar-refractivity contribution is 0.528. The molecule has 0 saturated carbocycles. The van der Waals surface area contributed by atoms with Crippen LogP contribution >= 0.6 is 0 Å². The van der Waals surface area contributed by atoms with Gasteiger partial charge in [0.1, 0.15) is 5.65 Å². The highest BCUT2D eigenvalue weighted by Gasteiger charge is 2.08. The average molecular weight is 202 g/mol. The number of pyridine rings is 2. The summed E-state index contributed by atoms with van der Waals surface area (Å²) in [4.78, 5) is 16.0. The van der Waals surface area contributed by atoms with Gasteiger partial charge >= 0.3 is 0 Å². The van der Waals surface area contributed by atoms with Gasteiger partial charge in [-0.2, -0.15) is 0 Å². The molecule has 0 radical (unpaired) electrons. The van der Waals surface area contributed by atoms with Gasteiger partial charge in [-0.1, -0.05) is 6.92 Å². The fourth-order valence-electron chi connectivity index (χ4n) is 1.70. The highest BCUT2D eigenvalue weighted by Crippen LogP contribution is 2.14. The Labute approximate surface area is 88.4 Å². The predicted octanol–water partition coefficient (Wildman–Crippen LogP) is 2.37. The Hall–Kier alpha value is -1.64. The second kappa shape index (κ2) is 3.85. The van der Waals surface area contributed by atoms with Crippen LogP contribution < -0.4 is 5.56 Å². The normalized spacial score (nSPS) is 12.9. The quantitative estimate of drug-likeness (QED) is 0.749. The Morgan fingerprint density at radius 1 is 1.40 bits per heavy atom. The van der Waals surface area contributed by atoms with Crippen LogP contribution in [0.5, 0.6) is 0 Å². The second-order valence-corrected chi connectivity index (χ2v) is 3.72. The molecule has 0 aliphatic carbocycles. The Balaban J connectivity index is 2.80. The van der Waals surface area contributed by atoms with Crippen molar-refractivity contribution in [2.75, 3.05) is 0 Å². The van der Waals surface area contributed by atoms with E-state index in [1.54, 1.807) is 16.8 Å². The fourth-order valence-corrected chi connectivity index (χ4v) is 1.70. The van der Waals surface area contributed by atoms with Gasteiger partial charge in [0.25, 0.3) is 5.56 Å². The summed E-state index contributed by atoms with van der Waals surface area (Å²) in [6.07, 6.45) is 2.65. The zero-order chi connectivity index (χ0) is 10.8. The smallest absolute Gasteiger partial charge is 0.252 e. The molecule has 0 N–H and O–H groups in total. The molecule has 0 spiro atoms. The van der Waals surface area contributed by atoms with E-state index in [9.17, 15) is 4.79 Å². The fraction of sp³-hybridized carbons (Fsp3) is 0.333. The highest BCUT2D eigenvalue weighted by atomic mass is 16.1. The minimum absolute atomic E-state index is 0.0237. The Morgan fingerprint density at radius 3 is 2.93 bits per heavy atom. The third-order valence-corrected chi connectivity index (χ3v) is 2.72. The van der Waals surface area contributed by atoms with Gasteiger partial charge in [-0.25, -0.2) is 4.98 Å². The zero-order valence-electron chi connectivity index (χ0n) is 8.97. The topological polar surface area (TPSA) is 34.9 Å². The summed E-state index contributed by atoms with van der Waals surface area (Å²) in [5.74, 6) is 0. The lowest BCUT2D eigenvalue weighted by Crippen LogP contribution is -2.22. The Morgan fingerprint density at radius 2 is 2.20 bits per heavy atom. The molecule has 2 aromatic heterocycles. The van der Waals surface area contributed by atoms with Crippen molar-refractivity contribution < 1.29 is 0 Å². The van der Waals surface area contributed by atoms with Crippen LogP contribution in [-0.4, -0.2) is 9.55 Å². The third kappa shape index (κ3) is 1.65. The summed E-state index contributed by atoms with van der Waals surface area (Å²) in [7, 11) is 0. The standard InChI is InChI=1S/C12H14N2O/c1-3-9(2)14-11(15)7-6-10-5-4-8-13-12(10)14/h4-9H,3H2,1-2H3. The van der Waals surface area contributed by atoms with Gasteiger partial charge in [-0.15, -0.1) is 0 Å². The third-order valence-electron chi connectivity index (χ3n) is 2.72. The summed E-state index contributed by atoms with van der Waals surface area (Å²) in [5.41, 5.74) is 0.801. The van der Waals surface area contributed by atoms with Gasteiger partial charge in [-0.3, -0.25) is 9.36 Å². The lowest BCUT2D eigenvalue weighted by Gasteiger charge is -2.14. The number of nitrogens with zero attached hydrogens (tertiary/aromatic N) is 2. The van der Waals surface area contributed by atoms with Crippen LogP contribution in [0.2, 0.25) is 0 Å². The van der Waals surface area contributed by atoms with Crippen molar-refractivity contribution in [2.45, 2.75) is 26.3 Å². The Kier molecular flexibility index (Phi) is 2.54. The number of rotatable bonds is 2. The Bertz CT molecular complexity index is 530. The van der Waals surface area contributed by atoms with E-state index in [0.29, 0.717) is 0 Å². The molecule has 3 nitrogen and oxygen atoms in total. The maximum absolute atomic E-state index is 11.8. The van der Waals surface area contributed by atoms with Gasteiger partial charge in [0.15, 0.2) is 0 Å². The van der Waals surface area contributed by atoms with Crippen molar-refractivity contribution >= 4 is 11.0 Å². The first kappa shape index (κ1) is 9.90. The molecule has 0 fully saturated rings. The molecule has 2 rings (SSSR count). The molecule has 0 bridgehead atoms. The minimum Gasteiger partial charge on any atom is -0.290 e. The zero-order valence-corrected chi connectivity index (χ0v) is 8.97. The molecule has 0 aromatic carbocycles. The summed E-state index contributed by atoms with van der Waals surface area (Å²) in [5, 5.41) is 1.01. The molecular weight excluding hydrogens is 188 g/mol. The SMILES string of the molecule is CCC(C)n1c(=O)ccc2cccnc21. The largest absolute Gasteiger partial charge is 0.290 e. The van der Waals surface area contributed by atoms with E-state index in [-0.39, 0.29) is 11.6 Å². The first-order valence-corrected chi connectivity index (χ1v) is 5.20. The van der Waals surface area contributed by atoms with E-state index in [1.807, 2.05) is 25.1 Å². The van der Waals surface area contributed by atoms with E-state index >= 15 is 0 Å². The van der Waals surface area contributed by atoms with Gasteiger partial charge in [0.05, 0.1) is 0 Å². The molecule has 1 unspecified atom stereocenters. The van der Waals surface area contributed by atoms with Crippen molar-refractivity contribution in [1.29, 1.82) is 0 Å². The van der Waals surface area contributed by atoms with Gasteiger partial charge in [0.2, 0.25) is 0 Å². The van der Waals surface area contributed by atoms with Crippen molar-refractivity contribution in [2.24, 2.45) is 0 Å². The molecule has 0 saturated heterocycles. The highest BCUT2D eigenvalue weighted by molar-refractivity contribution is 5.74. The number of hydrogen-bond donors (Lipinski definition) is 0. The molecular formula is C12H14N2O. The first-order chi connectivity index (χ1) is 7.24. The predicted molar refractivity (Wildman–Crippen MR) is 61.0 cm³/mol. The summed E-state index contributed by atoms with van der Waals surface area (Å²) in [6.45, 7) is 4.11. The van der Waals surface area contributed by atoms with E-state index in [1.165, 1.54) is 0 Å². The second-order valence-electron chi connectivity index (χ2n) is 3.72. The monoisotopic (exact) mass is 202 g/mol. The lowest BCUT2D eigenvalue weighted by atomic mass is 10.2. The van der Waals surface area contributed by atoms with Crippen LogP contribution in [0.25, 0.3) is 11.0 Å². The van der Waals surface area contributed by atoms with Crippen LogP contribution in [0.4, 0.5) is 0 Å². The van der Waals surface area contributed by atoms with Crippen LogP contribution in [0.1, 0.15) is 26.3 Å². The first-order valence-electron chi connectivity index (χ1n) is 5.20. The number of fused-ring (bicyclic) bond motifs is 1. The molecule has 0 amide bonds. The molecule has 0 aliphatic rings. The molecule has 3 heteroatoms. The van der Waals surface area contributed by atoms with E-state index in [4.69, 9.17) is 0 Å². The molecule has 15 heavy (non-hydrogen) atoms. The molecule has 0 aliphatic heterocycles. The molecule has 2 aromatic rings. The van der Waals surface area contributed by atoms with Crippen molar-refractivity contribution in [3.05, 3.63) is 40.8 Å². The minimum atomic E-state index is 0.0237. The van der Waals surface area contributed by atoms with E-state index < -0.39 is 0 Å². The average Bonchev–Trinajstić information content (AvgIpc) is 2.28. The summed E-state index contributed by atoms with van der Waals surface area (Å²) < 4.78 is 1.76. The molecule has 78 valence electrons. The summed E-state index contributed by atoms with van der Waals surface area (Å²) in [6, 6.07) is 7.48. The number of aromatic nitrogens is 2. The van der Waals surface area contributed by atoms with Gasteiger partial charge < -0.3 is 0 Å². The number of hydrogen-bond acceptors (Lipinski definition) is 2. The van der Waals surface area contributed by atoms with Crippen molar-refractivity contribution in [3.63, 3.8) is 0 Å². The van der Waals surface area contributed by atoms with Gasteiger partial charge in [-0.05, 0) is 31.5 Å². The van der Waals surface area contributed by atoms with Crippen LogP contribution in [0.3, 0.4) is 0 Å². The van der Waals surface area contributed by atoms with E-state index in [0.717, 1.165) is 17.5 Å². The van der Waals surface area contributed by atoms with Crippen LogP contribution in [0, 0.1) is 0 Å². The van der Waals surface area contributed by atoms with Gasteiger partial charge in [0, 0.05) is 23.7 Å². The van der Waals surface area contributed by atoms with Crippen LogP contribution in [0.15, 0.2) is 35.3 Å².